The molecule has 0 saturated carbocycles. The fourth-order valence-electron chi connectivity index (χ4n) is 3.01. The van der Waals surface area contributed by atoms with Crippen LogP contribution in [0.25, 0.3) is 10.1 Å². The summed E-state index contributed by atoms with van der Waals surface area (Å²) in [5.41, 5.74) is 0.325. The van der Waals surface area contributed by atoms with Crippen LogP contribution in [0.5, 0.6) is 11.6 Å². The molecule has 3 aromatic rings. The Labute approximate surface area is 149 Å². The van der Waals surface area contributed by atoms with E-state index in [1.54, 1.807) is 18.2 Å². The number of nitriles is 1. The van der Waals surface area contributed by atoms with Gasteiger partial charge in [-0.3, -0.25) is 0 Å². The molecule has 1 aromatic heterocycles. The summed E-state index contributed by atoms with van der Waals surface area (Å²) < 4.78 is 17.5. The molecule has 0 amide bonds. The highest BCUT2D eigenvalue weighted by Gasteiger charge is 2.45. The van der Waals surface area contributed by atoms with E-state index in [1.807, 2.05) is 38.1 Å². The third-order valence-corrected chi connectivity index (χ3v) is 5.21. The maximum atomic E-state index is 10.8. The predicted octanol–water partition coefficient (Wildman–Crippen LogP) is 3.82. The van der Waals surface area contributed by atoms with E-state index in [1.165, 1.54) is 11.5 Å². The minimum absolute atomic E-state index is 0.482. The average molecular weight is 352 g/mol. The summed E-state index contributed by atoms with van der Waals surface area (Å²) in [4.78, 5) is 0. The van der Waals surface area contributed by atoms with Crippen LogP contribution in [0.2, 0.25) is 0 Å². The van der Waals surface area contributed by atoms with Crippen molar-refractivity contribution in [2.45, 2.75) is 31.7 Å². The Kier molecular flexibility index (Phi) is 3.64. The number of fused-ring (bicyclic) bond motifs is 2. The first kappa shape index (κ1) is 15.9. The summed E-state index contributed by atoms with van der Waals surface area (Å²) in [5, 5.41) is 20.9. The van der Waals surface area contributed by atoms with Crippen LogP contribution < -0.4 is 9.47 Å². The second-order valence-electron chi connectivity index (χ2n) is 6.54. The number of aliphatic hydroxyl groups excluding tert-OH is 1. The van der Waals surface area contributed by atoms with Gasteiger partial charge in [-0.25, -0.2) is 0 Å². The average Bonchev–Trinajstić information content (AvgIpc) is 3.01. The molecule has 2 unspecified atom stereocenters. The van der Waals surface area contributed by atoms with E-state index in [2.05, 4.69) is 10.4 Å². The normalized spacial score (nSPS) is 21.2. The summed E-state index contributed by atoms with van der Waals surface area (Å²) in [6.45, 7) is 3.63. The lowest BCUT2D eigenvalue weighted by molar-refractivity contribution is -0.103. The number of hydrogen-bond acceptors (Lipinski definition) is 6. The van der Waals surface area contributed by atoms with E-state index >= 15 is 0 Å². The van der Waals surface area contributed by atoms with E-state index in [4.69, 9.17) is 9.47 Å². The smallest absolute Gasteiger partial charge is 0.233 e. The van der Waals surface area contributed by atoms with Crippen molar-refractivity contribution in [1.82, 2.24) is 4.37 Å². The van der Waals surface area contributed by atoms with Gasteiger partial charge in [-0.05, 0) is 55.7 Å². The van der Waals surface area contributed by atoms with Crippen LogP contribution in [0, 0.1) is 11.3 Å². The standard InChI is InChI=1S/C19H16N2O3S/c1-19(2)17(22)16(13-9-11(10-20)7-8-14(13)24-19)23-18-12-5-3-4-6-15(12)25-21-18/h3-9,16-17,22H,1-2H3. The second kappa shape index (κ2) is 5.73. The molecule has 0 aliphatic carbocycles. The Balaban J connectivity index is 1.81. The SMILES string of the molecule is CC1(C)Oc2ccc(C#N)cc2C(Oc2nsc3ccccc23)C1O. The van der Waals surface area contributed by atoms with Crippen molar-refractivity contribution in [2.24, 2.45) is 0 Å². The van der Waals surface area contributed by atoms with Crippen LogP contribution in [0.4, 0.5) is 0 Å². The fraction of sp³-hybridized carbons (Fsp3) is 0.263. The first-order valence-corrected chi connectivity index (χ1v) is 8.69. The van der Waals surface area contributed by atoms with Crippen molar-refractivity contribution in [1.29, 1.82) is 5.26 Å². The number of rotatable bonds is 2. The van der Waals surface area contributed by atoms with Crippen LogP contribution in [0.15, 0.2) is 42.5 Å². The number of hydrogen-bond donors (Lipinski definition) is 1. The highest BCUT2D eigenvalue weighted by molar-refractivity contribution is 7.13. The van der Waals surface area contributed by atoms with Crippen LogP contribution in [0.1, 0.15) is 31.1 Å². The van der Waals surface area contributed by atoms with Gasteiger partial charge in [0.05, 0.1) is 21.7 Å². The molecule has 1 aliphatic rings. The topological polar surface area (TPSA) is 75.4 Å². The summed E-state index contributed by atoms with van der Waals surface area (Å²) in [6, 6.07) is 15.1. The second-order valence-corrected chi connectivity index (χ2v) is 7.34. The van der Waals surface area contributed by atoms with Gasteiger partial charge >= 0.3 is 0 Å². The maximum Gasteiger partial charge on any atom is 0.233 e. The maximum absolute atomic E-state index is 10.8. The Bertz CT molecular complexity index is 990. The van der Waals surface area contributed by atoms with Crippen molar-refractivity contribution in [2.75, 3.05) is 0 Å². The molecule has 6 heteroatoms. The van der Waals surface area contributed by atoms with Gasteiger partial charge in [-0.2, -0.15) is 9.64 Å². The number of nitrogens with zero attached hydrogens (tertiary/aromatic N) is 2. The molecule has 25 heavy (non-hydrogen) atoms. The Morgan fingerprint density at radius 3 is 2.88 bits per heavy atom. The number of aromatic nitrogens is 1. The molecular weight excluding hydrogens is 336 g/mol. The molecule has 126 valence electrons. The Hall–Kier alpha value is -2.62. The fourth-order valence-corrected chi connectivity index (χ4v) is 3.72. The third-order valence-electron chi connectivity index (χ3n) is 4.40. The summed E-state index contributed by atoms with van der Waals surface area (Å²) in [7, 11) is 0. The first-order valence-electron chi connectivity index (χ1n) is 7.92. The summed E-state index contributed by atoms with van der Waals surface area (Å²) in [6.07, 6.45) is -1.58. The van der Waals surface area contributed by atoms with Crippen LogP contribution >= 0.6 is 11.5 Å². The molecule has 2 aromatic carbocycles. The molecular formula is C19H16N2O3S. The van der Waals surface area contributed by atoms with Gasteiger partial charge in [0.2, 0.25) is 5.88 Å². The van der Waals surface area contributed by atoms with Crippen molar-refractivity contribution in [3.8, 4) is 17.7 Å². The largest absolute Gasteiger partial charge is 0.485 e. The summed E-state index contributed by atoms with van der Waals surface area (Å²) in [5.74, 6) is 1.09. The molecule has 4 rings (SSSR count). The van der Waals surface area contributed by atoms with E-state index in [0.717, 1.165) is 10.1 Å². The Morgan fingerprint density at radius 1 is 1.28 bits per heavy atom. The quantitative estimate of drug-likeness (QED) is 0.759. The van der Waals surface area contributed by atoms with Crippen LogP contribution in [0.3, 0.4) is 0 Å². The molecule has 0 radical (unpaired) electrons. The van der Waals surface area contributed by atoms with Gasteiger partial charge in [0.15, 0.2) is 6.10 Å². The van der Waals surface area contributed by atoms with Crippen molar-refractivity contribution < 1.29 is 14.6 Å². The lowest BCUT2D eigenvalue weighted by atomic mass is 9.87. The third kappa shape index (κ3) is 2.62. The predicted molar refractivity (Wildman–Crippen MR) is 94.9 cm³/mol. The molecule has 1 aliphatic heterocycles. The van der Waals surface area contributed by atoms with Crippen molar-refractivity contribution >= 4 is 21.6 Å². The summed E-state index contributed by atoms with van der Waals surface area (Å²) >= 11 is 1.35. The number of aliphatic hydroxyl groups is 1. The van der Waals surface area contributed by atoms with Gasteiger partial charge in [-0.1, -0.05) is 12.1 Å². The van der Waals surface area contributed by atoms with E-state index in [0.29, 0.717) is 22.8 Å². The van der Waals surface area contributed by atoms with Crippen molar-refractivity contribution in [3.63, 3.8) is 0 Å². The lowest BCUT2D eigenvalue weighted by Crippen LogP contribution is -2.50. The molecule has 0 spiro atoms. The van der Waals surface area contributed by atoms with Gasteiger partial charge in [-0.15, -0.1) is 0 Å². The lowest BCUT2D eigenvalue weighted by Gasteiger charge is -2.41. The van der Waals surface area contributed by atoms with Gasteiger partial charge in [0.1, 0.15) is 17.5 Å². The van der Waals surface area contributed by atoms with E-state index in [9.17, 15) is 10.4 Å². The zero-order chi connectivity index (χ0) is 17.6. The van der Waals surface area contributed by atoms with Crippen LogP contribution in [-0.4, -0.2) is 21.2 Å². The highest BCUT2D eigenvalue weighted by atomic mass is 32.1. The Morgan fingerprint density at radius 2 is 2.08 bits per heavy atom. The monoisotopic (exact) mass is 352 g/mol. The van der Waals surface area contributed by atoms with Gasteiger partial charge < -0.3 is 14.6 Å². The molecule has 0 saturated heterocycles. The molecule has 0 fully saturated rings. The van der Waals surface area contributed by atoms with Gasteiger partial charge in [0.25, 0.3) is 0 Å². The number of ether oxygens (including phenoxy) is 2. The number of benzene rings is 2. The minimum Gasteiger partial charge on any atom is -0.485 e. The van der Waals surface area contributed by atoms with E-state index < -0.39 is 17.8 Å². The van der Waals surface area contributed by atoms with Crippen LogP contribution in [-0.2, 0) is 0 Å². The van der Waals surface area contributed by atoms with Gasteiger partial charge in [0, 0.05) is 5.56 Å². The first-order chi connectivity index (χ1) is 12.0. The van der Waals surface area contributed by atoms with Crippen molar-refractivity contribution in [3.05, 3.63) is 53.6 Å². The zero-order valence-corrected chi connectivity index (χ0v) is 14.6. The molecule has 2 atom stereocenters. The highest BCUT2D eigenvalue weighted by Crippen LogP contribution is 2.43. The zero-order valence-electron chi connectivity index (χ0n) is 13.8. The molecule has 2 heterocycles. The molecule has 1 N–H and O–H groups in total. The molecule has 0 bridgehead atoms. The molecule has 5 nitrogen and oxygen atoms in total. The van der Waals surface area contributed by atoms with E-state index in [-0.39, 0.29) is 0 Å². The minimum atomic E-state index is -0.908.